The highest BCUT2D eigenvalue weighted by Gasteiger charge is 2.35. The van der Waals surface area contributed by atoms with Gasteiger partial charge in [-0.15, -0.1) is 0 Å². The first-order chi connectivity index (χ1) is 15.9. The summed E-state index contributed by atoms with van der Waals surface area (Å²) in [5.74, 6) is -0.396. The summed E-state index contributed by atoms with van der Waals surface area (Å²) in [5.41, 5.74) is 2.09. The molecule has 4 rings (SSSR count). The molecule has 0 bridgehead atoms. The van der Waals surface area contributed by atoms with Gasteiger partial charge in [-0.1, -0.05) is 72.3 Å². The second kappa shape index (κ2) is 10.5. The fourth-order valence-electron chi connectivity index (χ4n) is 4.20. The van der Waals surface area contributed by atoms with E-state index in [1.54, 1.807) is 12.1 Å². The Morgan fingerprint density at radius 3 is 1.97 bits per heavy atom. The minimum Gasteiger partial charge on any atom is -0.334 e. The molecule has 1 atom stereocenters. The van der Waals surface area contributed by atoms with E-state index in [1.807, 2.05) is 65.6 Å². The van der Waals surface area contributed by atoms with E-state index < -0.39 is 10.0 Å². The largest absolute Gasteiger partial charge is 0.334 e. The topological polar surface area (TPSA) is 57.7 Å². The molecular formula is C26H27ClN2O3S. The number of rotatable bonds is 7. The van der Waals surface area contributed by atoms with E-state index in [2.05, 4.69) is 0 Å². The van der Waals surface area contributed by atoms with E-state index >= 15 is 0 Å². The van der Waals surface area contributed by atoms with Gasteiger partial charge in [-0.05, 0) is 48.2 Å². The van der Waals surface area contributed by atoms with Crippen molar-refractivity contribution in [3.8, 4) is 0 Å². The first-order valence-electron chi connectivity index (χ1n) is 11.1. The van der Waals surface area contributed by atoms with Crippen LogP contribution in [0.1, 0.15) is 24.0 Å². The zero-order valence-electron chi connectivity index (χ0n) is 18.3. The number of halogens is 1. The van der Waals surface area contributed by atoms with Crippen LogP contribution in [0.3, 0.4) is 0 Å². The van der Waals surface area contributed by atoms with Gasteiger partial charge in [0.2, 0.25) is 15.9 Å². The van der Waals surface area contributed by atoms with Crippen LogP contribution >= 0.6 is 11.6 Å². The van der Waals surface area contributed by atoms with E-state index in [1.165, 1.54) is 16.4 Å². The lowest BCUT2D eigenvalue weighted by Gasteiger charge is -2.34. The Bertz CT molecular complexity index is 1130. The third kappa shape index (κ3) is 5.82. The Hall–Kier alpha value is -2.67. The molecule has 172 valence electrons. The van der Waals surface area contributed by atoms with Crippen molar-refractivity contribution in [2.24, 2.45) is 5.92 Å². The molecule has 0 unspecified atom stereocenters. The zero-order chi connectivity index (χ0) is 23.3. The lowest BCUT2D eigenvalue weighted by atomic mass is 9.97. The summed E-state index contributed by atoms with van der Waals surface area (Å²) in [7, 11) is -3.68. The number of sulfonamides is 1. The van der Waals surface area contributed by atoms with Crippen molar-refractivity contribution in [2.45, 2.75) is 30.8 Å². The first kappa shape index (κ1) is 23.5. The van der Waals surface area contributed by atoms with Crippen LogP contribution in [0, 0.1) is 5.92 Å². The van der Waals surface area contributed by atoms with Crippen molar-refractivity contribution in [2.75, 3.05) is 13.1 Å². The number of hydrogen-bond acceptors (Lipinski definition) is 3. The Labute approximate surface area is 200 Å². The van der Waals surface area contributed by atoms with Gasteiger partial charge < -0.3 is 4.90 Å². The molecule has 0 aliphatic carbocycles. The van der Waals surface area contributed by atoms with Crippen LogP contribution in [0.2, 0.25) is 5.02 Å². The normalized spacial score (nSPS) is 16.9. The zero-order valence-corrected chi connectivity index (χ0v) is 19.9. The molecule has 0 N–H and O–H groups in total. The van der Waals surface area contributed by atoms with Gasteiger partial charge in [0.15, 0.2) is 0 Å². The summed E-state index contributed by atoms with van der Waals surface area (Å²) >= 11 is 5.92. The maximum atomic E-state index is 13.6. The van der Waals surface area contributed by atoms with Crippen LogP contribution < -0.4 is 0 Å². The molecule has 1 aliphatic heterocycles. The fraction of sp³-hybridized carbons (Fsp3) is 0.269. The predicted molar refractivity (Wildman–Crippen MR) is 130 cm³/mol. The van der Waals surface area contributed by atoms with Crippen LogP contribution in [-0.4, -0.2) is 36.6 Å². The number of hydrogen-bond donors (Lipinski definition) is 0. The summed E-state index contributed by atoms with van der Waals surface area (Å²) in [6, 6.07) is 25.9. The molecule has 3 aromatic rings. The first-order valence-corrected chi connectivity index (χ1v) is 12.9. The van der Waals surface area contributed by atoms with Crippen molar-refractivity contribution < 1.29 is 13.2 Å². The van der Waals surface area contributed by atoms with Gasteiger partial charge in [0.25, 0.3) is 0 Å². The third-order valence-corrected chi connectivity index (χ3v) is 8.06. The van der Waals surface area contributed by atoms with E-state index in [4.69, 9.17) is 11.6 Å². The molecule has 1 fully saturated rings. The van der Waals surface area contributed by atoms with Crippen LogP contribution in [0.25, 0.3) is 0 Å². The van der Waals surface area contributed by atoms with Crippen molar-refractivity contribution in [3.63, 3.8) is 0 Å². The SMILES string of the molecule is O=C([C@H]1CCCN(S(=O)(=O)c2ccc(Cl)cc2)C1)N(Cc1ccccc1)Cc1ccccc1. The number of amides is 1. The van der Waals surface area contributed by atoms with E-state index in [0.717, 1.165) is 11.1 Å². The molecule has 0 spiro atoms. The molecule has 0 aromatic heterocycles. The number of nitrogens with zero attached hydrogens (tertiary/aromatic N) is 2. The summed E-state index contributed by atoms with van der Waals surface area (Å²) < 4.78 is 27.8. The molecule has 1 aliphatic rings. The highest BCUT2D eigenvalue weighted by molar-refractivity contribution is 7.89. The molecule has 3 aromatic carbocycles. The maximum Gasteiger partial charge on any atom is 0.243 e. The van der Waals surface area contributed by atoms with Crippen LogP contribution in [-0.2, 0) is 27.9 Å². The molecule has 1 heterocycles. The average molecular weight is 483 g/mol. The van der Waals surface area contributed by atoms with Crippen LogP contribution in [0.4, 0.5) is 0 Å². The maximum absolute atomic E-state index is 13.6. The Morgan fingerprint density at radius 2 is 1.42 bits per heavy atom. The smallest absolute Gasteiger partial charge is 0.243 e. The van der Waals surface area contributed by atoms with Crippen molar-refractivity contribution >= 4 is 27.5 Å². The second-order valence-electron chi connectivity index (χ2n) is 8.32. The van der Waals surface area contributed by atoms with Crippen molar-refractivity contribution in [1.29, 1.82) is 0 Å². The van der Waals surface area contributed by atoms with Gasteiger partial charge in [-0.3, -0.25) is 4.79 Å². The minimum absolute atomic E-state index is 0.0151. The monoisotopic (exact) mass is 482 g/mol. The molecule has 1 saturated heterocycles. The van der Waals surface area contributed by atoms with Gasteiger partial charge in [-0.2, -0.15) is 4.31 Å². The van der Waals surface area contributed by atoms with Gasteiger partial charge in [0.05, 0.1) is 10.8 Å². The molecule has 1 amide bonds. The lowest BCUT2D eigenvalue weighted by Crippen LogP contribution is -2.46. The Balaban J connectivity index is 1.54. The molecule has 7 heteroatoms. The van der Waals surface area contributed by atoms with E-state index in [-0.39, 0.29) is 23.3 Å². The van der Waals surface area contributed by atoms with Gasteiger partial charge in [0.1, 0.15) is 0 Å². The third-order valence-electron chi connectivity index (χ3n) is 5.93. The standard InChI is InChI=1S/C26H27ClN2O3S/c27-24-13-15-25(16-14-24)33(31,32)29-17-7-12-23(20-29)26(30)28(18-21-8-3-1-4-9-21)19-22-10-5-2-6-11-22/h1-6,8-11,13-16,23H,7,12,17-20H2/t23-/m0/s1. The number of carbonyl (C=O) groups is 1. The summed E-state index contributed by atoms with van der Waals surface area (Å²) in [5, 5.41) is 0.484. The molecule has 5 nitrogen and oxygen atoms in total. The average Bonchev–Trinajstić information content (AvgIpc) is 2.85. The fourth-order valence-corrected chi connectivity index (χ4v) is 5.85. The van der Waals surface area contributed by atoms with Crippen molar-refractivity contribution in [3.05, 3.63) is 101 Å². The van der Waals surface area contributed by atoms with Crippen molar-refractivity contribution in [1.82, 2.24) is 9.21 Å². The summed E-state index contributed by atoms with van der Waals surface area (Å²) in [4.78, 5) is 15.7. The number of carbonyl (C=O) groups excluding carboxylic acids is 1. The van der Waals surface area contributed by atoms with Gasteiger partial charge in [0, 0.05) is 31.2 Å². The highest BCUT2D eigenvalue weighted by atomic mass is 35.5. The molecule has 0 saturated carbocycles. The Morgan fingerprint density at radius 1 is 0.879 bits per heavy atom. The van der Waals surface area contributed by atoms with E-state index in [9.17, 15) is 13.2 Å². The van der Waals surface area contributed by atoms with Gasteiger partial charge >= 0.3 is 0 Å². The van der Waals surface area contributed by atoms with E-state index in [0.29, 0.717) is 37.5 Å². The summed E-state index contributed by atoms with van der Waals surface area (Å²) in [6.45, 7) is 1.56. The predicted octanol–water partition coefficient (Wildman–Crippen LogP) is 4.97. The Kier molecular flexibility index (Phi) is 7.48. The molecular weight excluding hydrogens is 456 g/mol. The van der Waals surface area contributed by atoms with Crippen LogP contribution in [0.15, 0.2) is 89.8 Å². The minimum atomic E-state index is -3.68. The summed E-state index contributed by atoms with van der Waals surface area (Å²) in [6.07, 6.45) is 1.32. The second-order valence-corrected chi connectivity index (χ2v) is 10.7. The number of piperidine rings is 1. The number of benzene rings is 3. The van der Waals surface area contributed by atoms with Crippen LogP contribution in [0.5, 0.6) is 0 Å². The van der Waals surface area contributed by atoms with Gasteiger partial charge in [-0.25, -0.2) is 8.42 Å². The quantitative estimate of drug-likeness (QED) is 0.477. The highest BCUT2D eigenvalue weighted by Crippen LogP contribution is 2.27. The molecule has 0 radical (unpaired) electrons. The molecule has 33 heavy (non-hydrogen) atoms. The lowest BCUT2D eigenvalue weighted by molar-refractivity contribution is -0.138.